The molecule has 2 nitrogen and oxygen atoms in total. The maximum absolute atomic E-state index is 14.4. The third kappa shape index (κ3) is 18.7. The van der Waals surface area contributed by atoms with Gasteiger partial charge in [-0.1, -0.05) is 32.6 Å². The molecule has 0 bridgehead atoms. The van der Waals surface area contributed by atoms with Crippen LogP contribution in [0.15, 0.2) is 65.0 Å². The molecule has 1 unspecified atom stereocenters. The van der Waals surface area contributed by atoms with Crippen molar-refractivity contribution < 1.29 is 17.6 Å². The predicted octanol–water partition coefficient (Wildman–Crippen LogP) is 9.29. The molecule has 0 heterocycles. The Morgan fingerprint density at radius 2 is 1.80 bits per heavy atom. The Kier molecular flexibility index (Phi) is 22.1. The van der Waals surface area contributed by atoms with Gasteiger partial charge in [0.1, 0.15) is 11.6 Å². The Hall–Kier alpha value is -2.28. The zero-order valence-electron chi connectivity index (χ0n) is 22.0. The number of hydrogen-bond acceptors (Lipinski definition) is 3. The smallest absolute Gasteiger partial charge is 0.180 e. The van der Waals surface area contributed by atoms with Crippen molar-refractivity contribution in [2.45, 2.75) is 72.9 Å². The van der Waals surface area contributed by atoms with Gasteiger partial charge in [0.25, 0.3) is 0 Å². The maximum atomic E-state index is 14.4. The standard InChI is InChI=1S/C23H30F3NS.C3H6FN.C2H6/c1-5-21(11-9-18(3)24)27-16-17(2)23(26)15-19-10-12-22(25)20(14-19)8-6-7-13-28-4;1-2-3(4)5;1-2/h5,10,12,14-16,18H,2,6-9,11,13H2,1,3-4H3;2H,5H2,1H3;1-2H3/b21-5-,23-15-,27-16?;3-2-;. The summed E-state index contributed by atoms with van der Waals surface area (Å²) in [5, 5.41) is 0. The number of benzene rings is 1. The van der Waals surface area contributed by atoms with Crippen molar-refractivity contribution in [3.8, 4) is 0 Å². The van der Waals surface area contributed by atoms with Crippen LogP contribution in [-0.4, -0.2) is 24.4 Å². The molecule has 0 saturated heterocycles. The first-order valence-corrected chi connectivity index (χ1v) is 13.3. The molecule has 7 heteroatoms. The van der Waals surface area contributed by atoms with Crippen LogP contribution in [0.1, 0.15) is 71.4 Å². The van der Waals surface area contributed by atoms with Gasteiger partial charge in [-0.3, -0.25) is 4.99 Å². The summed E-state index contributed by atoms with van der Waals surface area (Å²) in [6.45, 7) is 12.5. The summed E-state index contributed by atoms with van der Waals surface area (Å²) in [6, 6.07) is 4.60. The molecule has 1 atom stereocenters. The van der Waals surface area contributed by atoms with Crippen molar-refractivity contribution in [2.24, 2.45) is 10.7 Å². The first-order valence-electron chi connectivity index (χ1n) is 11.9. The highest BCUT2D eigenvalue weighted by atomic mass is 32.2. The number of aliphatic imine (C=N–C) groups is 1. The van der Waals surface area contributed by atoms with E-state index in [4.69, 9.17) is 0 Å². The van der Waals surface area contributed by atoms with Gasteiger partial charge in [0.15, 0.2) is 5.95 Å². The Morgan fingerprint density at radius 1 is 1.17 bits per heavy atom. The summed E-state index contributed by atoms with van der Waals surface area (Å²) < 4.78 is 52.4. The van der Waals surface area contributed by atoms with Gasteiger partial charge in [-0.2, -0.15) is 16.2 Å². The molecule has 0 aliphatic carbocycles. The molecule has 198 valence electrons. The molecule has 0 spiro atoms. The Balaban J connectivity index is 0. The summed E-state index contributed by atoms with van der Waals surface area (Å²) in [5.41, 5.74) is 6.48. The van der Waals surface area contributed by atoms with E-state index in [2.05, 4.69) is 17.3 Å². The van der Waals surface area contributed by atoms with Gasteiger partial charge < -0.3 is 5.73 Å². The minimum Gasteiger partial charge on any atom is -0.376 e. The number of aryl methyl sites for hydroxylation is 1. The SMILES string of the molecule is C/C=C(\N)F.C=C(C=N/C(=C\C)CCC(C)F)/C(F)=C/c1ccc(F)c(CCCCSC)c1.CC. The van der Waals surface area contributed by atoms with Crippen LogP contribution in [0.25, 0.3) is 6.08 Å². The highest BCUT2D eigenvalue weighted by Crippen LogP contribution is 2.19. The maximum Gasteiger partial charge on any atom is 0.180 e. The third-order valence-corrected chi connectivity index (χ3v) is 5.20. The zero-order valence-corrected chi connectivity index (χ0v) is 22.8. The highest BCUT2D eigenvalue weighted by molar-refractivity contribution is 7.98. The molecule has 2 N–H and O–H groups in total. The van der Waals surface area contributed by atoms with E-state index in [0.717, 1.165) is 18.6 Å². The number of nitrogens with two attached hydrogens (primary N) is 1. The molecule has 0 aromatic heterocycles. The average molecular weight is 515 g/mol. The van der Waals surface area contributed by atoms with Crippen LogP contribution in [0.2, 0.25) is 0 Å². The van der Waals surface area contributed by atoms with Crippen LogP contribution < -0.4 is 5.73 Å². The monoisotopic (exact) mass is 514 g/mol. The lowest BCUT2D eigenvalue weighted by molar-refractivity contribution is 0.341. The van der Waals surface area contributed by atoms with E-state index < -0.39 is 17.9 Å². The minimum atomic E-state index is -0.904. The predicted molar refractivity (Wildman–Crippen MR) is 148 cm³/mol. The lowest BCUT2D eigenvalue weighted by Gasteiger charge is -2.05. The molecule has 1 aromatic rings. The summed E-state index contributed by atoms with van der Waals surface area (Å²) in [4.78, 5) is 4.19. The van der Waals surface area contributed by atoms with E-state index in [1.165, 1.54) is 38.3 Å². The molecule has 0 fully saturated rings. The summed E-state index contributed by atoms with van der Waals surface area (Å²) in [6.07, 6.45) is 10.2. The van der Waals surface area contributed by atoms with E-state index in [1.54, 1.807) is 30.0 Å². The fraction of sp³-hybridized carbons (Fsp3) is 0.464. The van der Waals surface area contributed by atoms with E-state index >= 15 is 0 Å². The van der Waals surface area contributed by atoms with Crippen molar-refractivity contribution >= 4 is 24.1 Å². The molecule has 0 aliphatic heterocycles. The van der Waals surface area contributed by atoms with Gasteiger partial charge >= 0.3 is 0 Å². The molecule has 1 rings (SSSR count). The number of rotatable bonds is 12. The number of allylic oxidation sites excluding steroid dienone is 5. The van der Waals surface area contributed by atoms with Crippen molar-refractivity contribution in [3.63, 3.8) is 0 Å². The third-order valence-electron chi connectivity index (χ3n) is 4.51. The van der Waals surface area contributed by atoms with Gasteiger partial charge in [-0.05, 0) is 100 Å². The molecular weight excluding hydrogens is 472 g/mol. The number of hydrogen-bond donors (Lipinski definition) is 1. The number of nitrogens with zero attached hydrogens (tertiary/aromatic N) is 1. The zero-order chi connectivity index (χ0) is 27.2. The van der Waals surface area contributed by atoms with Crippen LogP contribution >= 0.6 is 11.8 Å². The molecule has 0 amide bonds. The fourth-order valence-corrected chi connectivity index (χ4v) is 3.02. The van der Waals surface area contributed by atoms with Crippen molar-refractivity contribution in [2.75, 3.05) is 12.0 Å². The van der Waals surface area contributed by atoms with Gasteiger partial charge in [-0.25, -0.2) is 13.2 Å². The van der Waals surface area contributed by atoms with Gasteiger partial charge in [0.05, 0.1) is 6.17 Å². The number of alkyl halides is 1. The second-order valence-electron chi connectivity index (χ2n) is 7.35. The van der Waals surface area contributed by atoms with E-state index in [1.807, 2.05) is 27.0 Å². The molecule has 0 radical (unpaired) electrons. The van der Waals surface area contributed by atoms with Crippen molar-refractivity contribution in [1.82, 2.24) is 0 Å². The topological polar surface area (TPSA) is 38.4 Å². The second kappa shape index (κ2) is 22.2. The largest absolute Gasteiger partial charge is 0.376 e. The summed E-state index contributed by atoms with van der Waals surface area (Å²) in [7, 11) is 0. The van der Waals surface area contributed by atoms with Crippen LogP contribution in [0.4, 0.5) is 17.6 Å². The van der Waals surface area contributed by atoms with Gasteiger partial charge in [0, 0.05) is 17.5 Å². The number of thioether (sulfide) groups is 1. The first-order chi connectivity index (χ1) is 16.6. The van der Waals surface area contributed by atoms with Crippen LogP contribution in [0, 0.1) is 5.82 Å². The Morgan fingerprint density at radius 3 is 2.31 bits per heavy atom. The highest BCUT2D eigenvalue weighted by Gasteiger charge is 2.06. The molecule has 1 aromatic carbocycles. The number of unbranched alkanes of at least 4 members (excludes halogenated alkanes) is 1. The molecule has 35 heavy (non-hydrogen) atoms. The lowest BCUT2D eigenvalue weighted by Crippen LogP contribution is -1.94. The first kappa shape index (κ1) is 34.9. The minimum absolute atomic E-state index is 0.124. The summed E-state index contributed by atoms with van der Waals surface area (Å²) >= 11 is 1.77. The Bertz CT molecular complexity index is 839. The van der Waals surface area contributed by atoms with Crippen LogP contribution in [0.3, 0.4) is 0 Å². The average Bonchev–Trinajstić information content (AvgIpc) is 2.84. The Labute approximate surface area is 214 Å². The van der Waals surface area contributed by atoms with Gasteiger partial charge in [0.2, 0.25) is 0 Å². The van der Waals surface area contributed by atoms with E-state index in [-0.39, 0.29) is 11.4 Å². The normalized spacial score (nSPS) is 13.0. The fourth-order valence-electron chi connectivity index (χ4n) is 2.53. The van der Waals surface area contributed by atoms with E-state index in [0.29, 0.717) is 36.1 Å². The van der Waals surface area contributed by atoms with Crippen molar-refractivity contribution in [1.29, 1.82) is 0 Å². The van der Waals surface area contributed by atoms with Crippen molar-refractivity contribution in [3.05, 3.63) is 76.9 Å². The van der Waals surface area contributed by atoms with Crippen LogP contribution in [0.5, 0.6) is 0 Å². The van der Waals surface area contributed by atoms with Crippen LogP contribution in [-0.2, 0) is 6.42 Å². The van der Waals surface area contributed by atoms with Gasteiger partial charge in [-0.15, -0.1) is 0 Å². The quantitative estimate of drug-likeness (QED) is 0.0992. The number of halogens is 4. The van der Waals surface area contributed by atoms with E-state index in [9.17, 15) is 17.6 Å². The second-order valence-corrected chi connectivity index (χ2v) is 8.34. The summed E-state index contributed by atoms with van der Waals surface area (Å²) in [5.74, 6) is -0.363. The molecular formula is C28H42F4N2S. The molecule has 0 saturated carbocycles. The molecule has 0 aliphatic rings. The lowest BCUT2D eigenvalue weighted by atomic mass is 10.0.